The molecule has 1 unspecified atom stereocenters. The molecule has 3 rings (SSSR count). The number of aryl methyl sites for hydroxylation is 2. The highest BCUT2D eigenvalue weighted by molar-refractivity contribution is 5.92. The van der Waals surface area contributed by atoms with E-state index in [1.54, 1.807) is 36.1 Å². The van der Waals surface area contributed by atoms with Crippen molar-refractivity contribution in [3.05, 3.63) is 77.8 Å². The highest BCUT2D eigenvalue weighted by Gasteiger charge is 2.21. The second-order valence-corrected chi connectivity index (χ2v) is 7.22. The lowest BCUT2D eigenvalue weighted by Crippen LogP contribution is -2.38. The molecule has 32 heavy (non-hydrogen) atoms. The Morgan fingerprint density at radius 1 is 1.38 bits per heavy atom. The molecule has 2 aromatic heterocycles. The summed E-state index contributed by atoms with van der Waals surface area (Å²) >= 11 is 0. The Morgan fingerprint density at radius 2 is 2.19 bits per heavy atom. The second-order valence-electron chi connectivity index (χ2n) is 7.22. The van der Waals surface area contributed by atoms with Gasteiger partial charge in [-0.15, -0.1) is 10.8 Å². The smallest absolute Gasteiger partial charge is 0.305 e. The van der Waals surface area contributed by atoms with Crippen LogP contribution in [0.4, 0.5) is 4.39 Å². The van der Waals surface area contributed by atoms with Crippen LogP contribution in [0.25, 0.3) is 5.69 Å². The van der Waals surface area contributed by atoms with Crippen molar-refractivity contribution >= 4 is 11.9 Å². The SMILES string of the molecule is C=C=CCCn1cc(CC(CC(=O)O)NC(=O)c2ccn(-c3ccc(F)cc3C)n2)nn1. The van der Waals surface area contributed by atoms with Gasteiger partial charge in [0.1, 0.15) is 5.82 Å². The average molecular weight is 438 g/mol. The normalized spacial score (nSPS) is 11.6. The molecule has 0 aliphatic carbocycles. The van der Waals surface area contributed by atoms with Gasteiger partial charge in [0, 0.05) is 31.4 Å². The highest BCUT2D eigenvalue weighted by Crippen LogP contribution is 2.15. The number of nitrogens with zero attached hydrogens (tertiary/aromatic N) is 5. The van der Waals surface area contributed by atoms with E-state index in [0.717, 1.165) is 0 Å². The van der Waals surface area contributed by atoms with E-state index >= 15 is 0 Å². The number of benzene rings is 1. The predicted octanol–water partition coefficient (Wildman–Crippen LogP) is 2.46. The van der Waals surface area contributed by atoms with Gasteiger partial charge in [0.15, 0.2) is 5.69 Å². The topological polar surface area (TPSA) is 115 Å². The molecule has 0 radical (unpaired) electrons. The van der Waals surface area contributed by atoms with Crippen LogP contribution in [0.5, 0.6) is 0 Å². The minimum absolute atomic E-state index is 0.115. The summed E-state index contributed by atoms with van der Waals surface area (Å²) in [7, 11) is 0. The molecule has 0 aliphatic rings. The van der Waals surface area contributed by atoms with Crippen molar-refractivity contribution in [2.75, 3.05) is 0 Å². The van der Waals surface area contributed by atoms with Crippen molar-refractivity contribution < 1.29 is 19.1 Å². The molecular formula is C22H23FN6O3. The van der Waals surface area contributed by atoms with Crippen molar-refractivity contribution in [3.63, 3.8) is 0 Å². The third kappa shape index (κ3) is 5.99. The Bertz CT molecular complexity index is 1160. The first-order valence-electron chi connectivity index (χ1n) is 9.94. The minimum Gasteiger partial charge on any atom is -0.481 e. The van der Waals surface area contributed by atoms with Gasteiger partial charge in [-0.25, -0.2) is 9.07 Å². The van der Waals surface area contributed by atoms with Gasteiger partial charge >= 0.3 is 5.97 Å². The van der Waals surface area contributed by atoms with Gasteiger partial charge in [0.2, 0.25) is 0 Å². The molecule has 0 spiro atoms. The summed E-state index contributed by atoms with van der Waals surface area (Å²) in [5, 5.41) is 24.2. The summed E-state index contributed by atoms with van der Waals surface area (Å²) < 4.78 is 16.4. The molecule has 2 heterocycles. The number of carboxylic acid groups (broad SMARTS) is 1. The van der Waals surface area contributed by atoms with Crippen LogP contribution >= 0.6 is 0 Å². The first-order chi connectivity index (χ1) is 15.4. The molecule has 0 aliphatic heterocycles. The largest absolute Gasteiger partial charge is 0.481 e. The number of nitrogens with one attached hydrogen (secondary N) is 1. The Kier molecular flexibility index (Phi) is 7.30. The van der Waals surface area contributed by atoms with E-state index in [1.807, 2.05) is 0 Å². The number of allylic oxidation sites excluding steroid dienone is 1. The summed E-state index contributed by atoms with van der Waals surface area (Å²) in [5.41, 5.74) is 4.65. The van der Waals surface area contributed by atoms with Crippen LogP contribution < -0.4 is 5.32 Å². The van der Waals surface area contributed by atoms with Crippen LogP contribution in [0.15, 0.2) is 55.0 Å². The van der Waals surface area contributed by atoms with E-state index in [9.17, 15) is 19.1 Å². The summed E-state index contributed by atoms with van der Waals surface area (Å²) in [5.74, 6) is -1.92. The zero-order chi connectivity index (χ0) is 23.1. The number of amides is 1. The number of aliphatic carboxylic acids is 1. The van der Waals surface area contributed by atoms with Crippen molar-refractivity contribution in [3.8, 4) is 5.69 Å². The maximum atomic E-state index is 13.3. The number of hydrogen-bond acceptors (Lipinski definition) is 5. The minimum atomic E-state index is -1.05. The zero-order valence-corrected chi connectivity index (χ0v) is 17.5. The van der Waals surface area contributed by atoms with E-state index in [1.165, 1.54) is 22.9 Å². The van der Waals surface area contributed by atoms with Crippen LogP contribution in [0.3, 0.4) is 0 Å². The first-order valence-corrected chi connectivity index (χ1v) is 9.94. The van der Waals surface area contributed by atoms with Crippen LogP contribution in [-0.4, -0.2) is 47.8 Å². The van der Waals surface area contributed by atoms with E-state index < -0.39 is 17.9 Å². The maximum absolute atomic E-state index is 13.3. The van der Waals surface area contributed by atoms with Gasteiger partial charge in [-0.1, -0.05) is 11.8 Å². The fraction of sp³-hybridized carbons (Fsp3) is 0.273. The summed E-state index contributed by atoms with van der Waals surface area (Å²) in [6.07, 6.45) is 5.69. The molecule has 1 amide bonds. The fourth-order valence-corrected chi connectivity index (χ4v) is 3.19. The molecule has 1 aromatic carbocycles. The Hall–Kier alpha value is -4.04. The van der Waals surface area contributed by atoms with Gasteiger partial charge in [0.25, 0.3) is 5.91 Å². The lowest BCUT2D eigenvalue weighted by atomic mass is 10.1. The van der Waals surface area contributed by atoms with Gasteiger partial charge in [-0.2, -0.15) is 5.10 Å². The number of halogens is 1. The zero-order valence-electron chi connectivity index (χ0n) is 17.5. The Labute approximate surface area is 183 Å². The van der Waals surface area contributed by atoms with Crippen molar-refractivity contribution in [2.24, 2.45) is 0 Å². The Balaban J connectivity index is 1.69. The molecule has 0 fully saturated rings. The third-order valence-corrected chi connectivity index (χ3v) is 4.67. The molecule has 10 heteroatoms. The molecule has 1 atom stereocenters. The lowest BCUT2D eigenvalue weighted by Gasteiger charge is -2.14. The predicted molar refractivity (Wildman–Crippen MR) is 114 cm³/mol. The number of rotatable bonds is 10. The van der Waals surface area contributed by atoms with Crippen LogP contribution in [0.2, 0.25) is 0 Å². The second kappa shape index (κ2) is 10.3. The Morgan fingerprint density at radius 3 is 2.91 bits per heavy atom. The van der Waals surface area contributed by atoms with E-state index in [0.29, 0.717) is 29.9 Å². The fourth-order valence-electron chi connectivity index (χ4n) is 3.19. The van der Waals surface area contributed by atoms with E-state index in [4.69, 9.17) is 0 Å². The number of aromatic nitrogens is 5. The maximum Gasteiger partial charge on any atom is 0.305 e. The van der Waals surface area contributed by atoms with Crippen LogP contribution in [-0.2, 0) is 17.8 Å². The van der Waals surface area contributed by atoms with E-state index in [2.05, 4.69) is 33.0 Å². The molecule has 3 aromatic rings. The number of carboxylic acids is 1. The van der Waals surface area contributed by atoms with Gasteiger partial charge in [-0.05, 0) is 49.2 Å². The van der Waals surface area contributed by atoms with Crippen molar-refractivity contribution in [1.29, 1.82) is 0 Å². The summed E-state index contributed by atoms with van der Waals surface area (Å²) in [6, 6.07) is 5.07. The number of carbonyl (C=O) groups excluding carboxylic acids is 1. The molecule has 0 saturated heterocycles. The third-order valence-electron chi connectivity index (χ3n) is 4.67. The van der Waals surface area contributed by atoms with Crippen molar-refractivity contribution in [2.45, 2.75) is 38.8 Å². The van der Waals surface area contributed by atoms with Crippen LogP contribution in [0.1, 0.15) is 34.6 Å². The molecular weight excluding hydrogens is 415 g/mol. The molecule has 9 nitrogen and oxygen atoms in total. The summed E-state index contributed by atoms with van der Waals surface area (Å²) in [4.78, 5) is 24.0. The van der Waals surface area contributed by atoms with E-state index in [-0.39, 0.29) is 24.4 Å². The molecule has 0 saturated carbocycles. The lowest BCUT2D eigenvalue weighted by molar-refractivity contribution is -0.137. The average Bonchev–Trinajstić information content (AvgIpc) is 3.37. The molecule has 166 valence electrons. The quantitative estimate of drug-likeness (QED) is 0.470. The molecule has 2 N–H and O–H groups in total. The van der Waals surface area contributed by atoms with Gasteiger partial charge < -0.3 is 10.4 Å². The van der Waals surface area contributed by atoms with Crippen LogP contribution in [0, 0.1) is 12.7 Å². The first kappa shape index (κ1) is 22.6. The summed E-state index contributed by atoms with van der Waals surface area (Å²) in [6.45, 7) is 5.83. The standard InChI is InChI=1S/C22H23FN6O3/c1-3-4-5-9-28-14-18(25-27-28)12-17(13-21(30)31)24-22(32)19-8-10-29(26-19)20-7-6-16(23)11-15(20)2/h4,6-8,10-11,14,17H,1,5,9,12-13H2,2H3,(H,24,32)(H,30,31). The molecule has 0 bridgehead atoms. The number of hydrogen-bond donors (Lipinski definition) is 2. The van der Waals surface area contributed by atoms with Crippen molar-refractivity contribution in [1.82, 2.24) is 30.1 Å². The number of carbonyl (C=O) groups is 2. The highest BCUT2D eigenvalue weighted by atomic mass is 19.1. The van der Waals surface area contributed by atoms with Gasteiger partial charge in [0.05, 0.1) is 17.8 Å². The monoisotopic (exact) mass is 438 g/mol. The van der Waals surface area contributed by atoms with Gasteiger partial charge in [-0.3, -0.25) is 14.3 Å².